The minimum absolute atomic E-state index is 0.210. The Labute approximate surface area is 102 Å². The van der Waals surface area contributed by atoms with E-state index < -0.39 is 17.7 Å². The van der Waals surface area contributed by atoms with Crippen molar-refractivity contribution < 1.29 is 22.7 Å². The summed E-state index contributed by atoms with van der Waals surface area (Å²) in [5, 5.41) is 0. The Morgan fingerprint density at radius 2 is 2.22 bits per heavy atom. The molecule has 1 aromatic heterocycles. The summed E-state index contributed by atoms with van der Waals surface area (Å²) in [7, 11) is 0. The second-order valence-electron chi connectivity index (χ2n) is 3.20. The first kappa shape index (κ1) is 14.0. The van der Waals surface area contributed by atoms with Gasteiger partial charge in [-0.05, 0) is 13.0 Å². The number of ether oxygens (including phenoxy) is 1. The summed E-state index contributed by atoms with van der Waals surface area (Å²) in [6, 6.07) is 0.842. The van der Waals surface area contributed by atoms with Gasteiger partial charge in [-0.15, -0.1) is 0 Å². The van der Waals surface area contributed by atoms with Crippen LogP contribution in [0.2, 0.25) is 0 Å². The third-order valence-electron chi connectivity index (χ3n) is 1.89. The molecule has 0 fully saturated rings. The Morgan fingerprint density at radius 3 is 2.83 bits per heavy atom. The lowest BCUT2D eigenvalue weighted by atomic mass is 10.1. The molecule has 0 aliphatic heterocycles. The standard InChI is InChI=1S/C12H10F3NO2/c1-2-18-11(17)5-3-4-9-8-16-7-6-10(9)12(13,14)15/h6-8H,2,5H2,1H3. The minimum Gasteiger partial charge on any atom is -0.465 e. The quantitative estimate of drug-likeness (QED) is 0.603. The van der Waals surface area contributed by atoms with Crippen LogP contribution < -0.4 is 0 Å². The lowest BCUT2D eigenvalue weighted by Gasteiger charge is -2.07. The largest absolute Gasteiger partial charge is 0.465 e. The highest BCUT2D eigenvalue weighted by Crippen LogP contribution is 2.30. The topological polar surface area (TPSA) is 39.2 Å². The minimum atomic E-state index is -4.49. The maximum atomic E-state index is 12.6. The molecule has 0 atom stereocenters. The number of aromatic nitrogens is 1. The molecule has 6 heteroatoms. The Hall–Kier alpha value is -2.03. The molecule has 1 rings (SSSR count). The molecule has 0 N–H and O–H groups in total. The molecule has 0 aliphatic carbocycles. The number of rotatable bonds is 2. The average molecular weight is 257 g/mol. The van der Waals surface area contributed by atoms with Gasteiger partial charge in [-0.3, -0.25) is 9.78 Å². The first-order valence-electron chi connectivity index (χ1n) is 5.11. The molecular weight excluding hydrogens is 247 g/mol. The first-order valence-corrected chi connectivity index (χ1v) is 5.11. The number of alkyl halides is 3. The Bertz CT molecular complexity index is 486. The van der Waals surface area contributed by atoms with Gasteiger partial charge < -0.3 is 4.74 Å². The maximum absolute atomic E-state index is 12.6. The van der Waals surface area contributed by atoms with Gasteiger partial charge in [0.1, 0.15) is 6.42 Å². The lowest BCUT2D eigenvalue weighted by Crippen LogP contribution is -2.08. The molecule has 0 spiro atoms. The second kappa shape index (κ2) is 6.05. The van der Waals surface area contributed by atoms with Gasteiger partial charge >= 0.3 is 12.1 Å². The Morgan fingerprint density at radius 1 is 1.50 bits per heavy atom. The van der Waals surface area contributed by atoms with Gasteiger partial charge in [0.05, 0.1) is 17.7 Å². The molecule has 3 nitrogen and oxygen atoms in total. The van der Waals surface area contributed by atoms with E-state index in [4.69, 9.17) is 0 Å². The predicted octanol–water partition coefficient (Wildman–Crippen LogP) is 2.41. The number of pyridine rings is 1. The molecule has 96 valence electrons. The van der Waals surface area contributed by atoms with Crippen molar-refractivity contribution >= 4 is 5.97 Å². The molecule has 0 amide bonds. The normalized spacial score (nSPS) is 10.4. The number of hydrogen-bond acceptors (Lipinski definition) is 3. The third kappa shape index (κ3) is 4.09. The van der Waals surface area contributed by atoms with Crippen LogP contribution in [0.25, 0.3) is 0 Å². The molecule has 1 aromatic rings. The number of esters is 1. The van der Waals surface area contributed by atoms with Crippen LogP contribution in [0.1, 0.15) is 24.5 Å². The van der Waals surface area contributed by atoms with E-state index in [-0.39, 0.29) is 18.6 Å². The highest BCUT2D eigenvalue weighted by Gasteiger charge is 2.32. The maximum Gasteiger partial charge on any atom is 0.417 e. The van der Waals surface area contributed by atoms with E-state index in [0.29, 0.717) is 0 Å². The van der Waals surface area contributed by atoms with Gasteiger partial charge in [-0.1, -0.05) is 11.8 Å². The number of nitrogens with zero attached hydrogens (tertiary/aromatic N) is 1. The van der Waals surface area contributed by atoms with Crippen LogP contribution >= 0.6 is 0 Å². The summed E-state index contributed by atoms with van der Waals surface area (Å²) in [4.78, 5) is 14.5. The molecule has 1 heterocycles. The van der Waals surface area contributed by atoms with Gasteiger partial charge in [-0.25, -0.2) is 0 Å². The summed E-state index contributed by atoms with van der Waals surface area (Å²) in [5.74, 6) is 4.04. The van der Waals surface area contributed by atoms with Crippen LogP contribution in [0, 0.1) is 11.8 Å². The van der Waals surface area contributed by atoms with Crippen molar-refractivity contribution in [1.29, 1.82) is 0 Å². The van der Waals surface area contributed by atoms with Crippen LogP contribution in [0.3, 0.4) is 0 Å². The van der Waals surface area contributed by atoms with Gasteiger partial charge in [-0.2, -0.15) is 13.2 Å². The number of carbonyl (C=O) groups excluding carboxylic acids is 1. The van der Waals surface area contributed by atoms with Crippen molar-refractivity contribution in [1.82, 2.24) is 4.98 Å². The molecule has 0 saturated heterocycles. The van der Waals surface area contributed by atoms with Crippen molar-refractivity contribution in [2.24, 2.45) is 0 Å². The van der Waals surface area contributed by atoms with Gasteiger partial charge in [0, 0.05) is 12.4 Å². The number of hydrogen-bond donors (Lipinski definition) is 0. The summed E-state index contributed by atoms with van der Waals surface area (Å²) >= 11 is 0. The van der Waals surface area contributed by atoms with E-state index >= 15 is 0 Å². The first-order chi connectivity index (χ1) is 8.45. The summed E-state index contributed by atoms with van der Waals surface area (Å²) in [5.41, 5.74) is -1.12. The summed E-state index contributed by atoms with van der Waals surface area (Å²) in [6.07, 6.45) is -2.68. The molecule has 0 aliphatic rings. The van der Waals surface area contributed by atoms with E-state index in [1.54, 1.807) is 6.92 Å². The lowest BCUT2D eigenvalue weighted by molar-refractivity contribution is -0.141. The van der Waals surface area contributed by atoms with E-state index in [0.717, 1.165) is 18.5 Å². The number of carbonyl (C=O) groups is 1. The fourth-order valence-corrected chi connectivity index (χ4v) is 1.16. The van der Waals surface area contributed by atoms with Gasteiger partial charge in [0.2, 0.25) is 0 Å². The van der Waals surface area contributed by atoms with Crippen molar-refractivity contribution in [2.45, 2.75) is 19.5 Å². The fraction of sp³-hybridized carbons (Fsp3) is 0.333. The molecule has 0 unspecified atom stereocenters. The third-order valence-corrected chi connectivity index (χ3v) is 1.89. The van der Waals surface area contributed by atoms with E-state index in [1.165, 1.54) is 0 Å². The fourth-order valence-electron chi connectivity index (χ4n) is 1.16. The zero-order valence-corrected chi connectivity index (χ0v) is 9.54. The van der Waals surface area contributed by atoms with Crippen molar-refractivity contribution in [3.05, 3.63) is 29.6 Å². The predicted molar refractivity (Wildman–Crippen MR) is 57.4 cm³/mol. The second-order valence-corrected chi connectivity index (χ2v) is 3.20. The zero-order chi connectivity index (χ0) is 13.6. The monoisotopic (exact) mass is 257 g/mol. The molecule has 0 radical (unpaired) electrons. The van der Waals surface area contributed by atoms with Crippen LogP contribution in [-0.4, -0.2) is 17.6 Å². The molecule has 0 bridgehead atoms. The average Bonchev–Trinajstić information content (AvgIpc) is 2.28. The van der Waals surface area contributed by atoms with Gasteiger partial charge in [0.25, 0.3) is 0 Å². The Kier molecular flexibility index (Phi) is 4.72. The van der Waals surface area contributed by atoms with E-state index in [2.05, 4.69) is 21.6 Å². The Balaban J connectivity index is 2.86. The van der Waals surface area contributed by atoms with Crippen molar-refractivity contribution in [3.8, 4) is 11.8 Å². The van der Waals surface area contributed by atoms with Crippen molar-refractivity contribution in [2.75, 3.05) is 6.61 Å². The van der Waals surface area contributed by atoms with Crippen LogP contribution in [-0.2, 0) is 15.7 Å². The zero-order valence-electron chi connectivity index (χ0n) is 9.54. The highest BCUT2D eigenvalue weighted by atomic mass is 19.4. The molecule has 0 aromatic carbocycles. The van der Waals surface area contributed by atoms with E-state index in [1.807, 2.05) is 0 Å². The van der Waals surface area contributed by atoms with Crippen LogP contribution in [0.4, 0.5) is 13.2 Å². The molecule has 0 saturated carbocycles. The van der Waals surface area contributed by atoms with Crippen LogP contribution in [0.15, 0.2) is 18.5 Å². The molecular formula is C12H10F3NO2. The summed E-state index contributed by atoms with van der Waals surface area (Å²) < 4.78 is 42.3. The highest BCUT2D eigenvalue weighted by molar-refractivity contribution is 5.72. The molecule has 18 heavy (non-hydrogen) atoms. The van der Waals surface area contributed by atoms with Crippen molar-refractivity contribution in [3.63, 3.8) is 0 Å². The van der Waals surface area contributed by atoms with Gasteiger partial charge in [0.15, 0.2) is 0 Å². The smallest absolute Gasteiger partial charge is 0.417 e. The SMILES string of the molecule is CCOC(=O)CC#Cc1cnccc1C(F)(F)F. The summed E-state index contributed by atoms with van der Waals surface area (Å²) in [6.45, 7) is 1.84. The van der Waals surface area contributed by atoms with Crippen LogP contribution in [0.5, 0.6) is 0 Å². The number of halogens is 3. The van der Waals surface area contributed by atoms with E-state index in [9.17, 15) is 18.0 Å².